The van der Waals surface area contributed by atoms with Gasteiger partial charge in [0, 0.05) is 25.0 Å². The van der Waals surface area contributed by atoms with Crippen LogP contribution in [-0.4, -0.2) is 41.0 Å². The van der Waals surface area contributed by atoms with Gasteiger partial charge < -0.3 is 15.3 Å². The van der Waals surface area contributed by atoms with Gasteiger partial charge in [-0.2, -0.15) is 0 Å². The second-order valence-corrected chi connectivity index (χ2v) is 8.10. The molecule has 0 bridgehead atoms. The Labute approximate surface area is 179 Å². The van der Waals surface area contributed by atoms with Gasteiger partial charge in [0.2, 0.25) is 5.91 Å². The lowest BCUT2D eigenvalue weighted by molar-refractivity contribution is -0.136. The molecular weight excluding hydrogens is 376 g/mol. The minimum atomic E-state index is -0.257. The summed E-state index contributed by atoms with van der Waals surface area (Å²) in [5.41, 5.74) is 2.44. The van der Waals surface area contributed by atoms with Gasteiger partial charge in [0.25, 0.3) is 5.91 Å². The van der Waals surface area contributed by atoms with Crippen LogP contribution in [0.4, 0.5) is 0 Å². The standard InChI is InChI=1S/C25H32N2O3/c1-3-20(4-2)25(30)27-14-12-21(13-15-27)26-24(29)22-17-19(10-11-23(22)28)16-18-8-6-5-7-9-18/h5-11,17,20-21,28H,3-4,12-16H2,1-2H3,(H,26,29). The maximum atomic E-state index is 12.8. The Morgan fingerprint density at radius 2 is 1.70 bits per heavy atom. The molecule has 1 aliphatic heterocycles. The highest BCUT2D eigenvalue weighted by Gasteiger charge is 2.27. The van der Waals surface area contributed by atoms with E-state index in [1.54, 1.807) is 12.1 Å². The molecule has 2 amide bonds. The number of amides is 2. The number of likely N-dealkylation sites (tertiary alicyclic amines) is 1. The first-order chi connectivity index (χ1) is 14.5. The van der Waals surface area contributed by atoms with Crippen molar-refractivity contribution in [2.75, 3.05) is 13.1 Å². The van der Waals surface area contributed by atoms with Crippen LogP contribution < -0.4 is 5.32 Å². The third-order valence-electron chi connectivity index (χ3n) is 6.03. The second-order valence-electron chi connectivity index (χ2n) is 8.10. The van der Waals surface area contributed by atoms with Gasteiger partial charge in [-0.1, -0.05) is 50.2 Å². The molecule has 1 aliphatic rings. The van der Waals surface area contributed by atoms with Crippen molar-refractivity contribution in [3.63, 3.8) is 0 Å². The summed E-state index contributed by atoms with van der Waals surface area (Å²) in [6.07, 6.45) is 3.91. The molecule has 0 spiro atoms. The molecule has 3 rings (SSSR count). The predicted molar refractivity (Wildman–Crippen MR) is 118 cm³/mol. The molecule has 0 radical (unpaired) electrons. The van der Waals surface area contributed by atoms with Crippen LogP contribution in [0.1, 0.15) is 61.0 Å². The van der Waals surface area contributed by atoms with E-state index in [2.05, 4.69) is 19.2 Å². The van der Waals surface area contributed by atoms with Crippen molar-refractivity contribution in [3.05, 3.63) is 65.2 Å². The summed E-state index contributed by atoms with van der Waals surface area (Å²) in [4.78, 5) is 27.3. The van der Waals surface area contributed by atoms with E-state index >= 15 is 0 Å². The fraction of sp³-hybridized carbons (Fsp3) is 0.440. The summed E-state index contributed by atoms with van der Waals surface area (Å²) in [6, 6.07) is 15.3. The average molecular weight is 409 g/mol. The molecule has 5 heteroatoms. The molecule has 0 atom stereocenters. The van der Waals surface area contributed by atoms with Crippen LogP contribution in [0.3, 0.4) is 0 Å². The number of nitrogens with one attached hydrogen (secondary N) is 1. The fourth-order valence-corrected chi connectivity index (χ4v) is 4.11. The molecule has 0 saturated carbocycles. The van der Waals surface area contributed by atoms with Gasteiger partial charge in [-0.05, 0) is 55.4 Å². The van der Waals surface area contributed by atoms with E-state index in [0.717, 1.165) is 36.8 Å². The highest BCUT2D eigenvalue weighted by molar-refractivity contribution is 5.97. The van der Waals surface area contributed by atoms with E-state index in [4.69, 9.17) is 0 Å². The molecule has 2 N–H and O–H groups in total. The van der Waals surface area contributed by atoms with E-state index in [0.29, 0.717) is 25.1 Å². The highest BCUT2D eigenvalue weighted by atomic mass is 16.3. The average Bonchev–Trinajstić information content (AvgIpc) is 2.77. The van der Waals surface area contributed by atoms with Gasteiger partial charge >= 0.3 is 0 Å². The fourth-order valence-electron chi connectivity index (χ4n) is 4.11. The molecule has 1 fully saturated rings. The molecule has 1 heterocycles. The van der Waals surface area contributed by atoms with Crippen LogP contribution in [-0.2, 0) is 11.2 Å². The van der Waals surface area contributed by atoms with Crippen molar-refractivity contribution in [3.8, 4) is 5.75 Å². The number of hydrogen-bond acceptors (Lipinski definition) is 3. The lowest BCUT2D eigenvalue weighted by Crippen LogP contribution is -2.48. The first kappa shape index (κ1) is 21.9. The molecule has 5 nitrogen and oxygen atoms in total. The number of piperidine rings is 1. The third-order valence-corrected chi connectivity index (χ3v) is 6.03. The molecular formula is C25H32N2O3. The van der Waals surface area contributed by atoms with Gasteiger partial charge in [0.15, 0.2) is 0 Å². The smallest absolute Gasteiger partial charge is 0.255 e. The van der Waals surface area contributed by atoms with Crippen molar-refractivity contribution in [2.24, 2.45) is 5.92 Å². The summed E-state index contributed by atoms with van der Waals surface area (Å²) < 4.78 is 0. The van der Waals surface area contributed by atoms with Crippen LogP contribution in [0, 0.1) is 5.92 Å². The minimum Gasteiger partial charge on any atom is -0.507 e. The normalized spacial score (nSPS) is 14.7. The molecule has 1 saturated heterocycles. The third kappa shape index (κ3) is 5.41. The van der Waals surface area contributed by atoms with Gasteiger partial charge in [-0.25, -0.2) is 0 Å². The van der Waals surface area contributed by atoms with E-state index in [1.165, 1.54) is 0 Å². The van der Waals surface area contributed by atoms with E-state index < -0.39 is 0 Å². The number of phenolic OH excluding ortho intramolecular Hbond substituents is 1. The molecule has 0 unspecified atom stereocenters. The number of phenols is 1. The monoisotopic (exact) mass is 408 g/mol. The summed E-state index contributed by atoms with van der Waals surface area (Å²) in [5, 5.41) is 13.3. The summed E-state index contributed by atoms with van der Waals surface area (Å²) in [5.74, 6) is 0.0642. The molecule has 160 valence electrons. The summed E-state index contributed by atoms with van der Waals surface area (Å²) in [6.45, 7) is 5.44. The van der Waals surface area contributed by atoms with Crippen molar-refractivity contribution in [1.29, 1.82) is 0 Å². The molecule has 0 aromatic heterocycles. The molecule has 0 aliphatic carbocycles. The molecule has 2 aromatic rings. The van der Waals surface area contributed by atoms with Crippen LogP contribution >= 0.6 is 0 Å². The Hall–Kier alpha value is -2.82. The maximum Gasteiger partial charge on any atom is 0.255 e. The number of carbonyl (C=O) groups is 2. The van der Waals surface area contributed by atoms with Gasteiger partial charge in [0.1, 0.15) is 5.75 Å². The van der Waals surface area contributed by atoms with Crippen molar-refractivity contribution < 1.29 is 14.7 Å². The number of nitrogens with zero attached hydrogens (tertiary/aromatic N) is 1. The SMILES string of the molecule is CCC(CC)C(=O)N1CCC(NC(=O)c2cc(Cc3ccccc3)ccc2O)CC1. The number of benzene rings is 2. The van der Waals surface area contributed by atoms with Gasteiger partial charge in [-0.3, -0.25) is 9.59 Å². The Morgan fingerprint density at radius 3 is 2.33 bits per heavy atom. The van der Waals surface area contributed by atoms with Crippen molar-refractivity contribution in [1.82, 2.24) is 10.2 Å². The zero-order valence-corrected chi connectivity index (χ0v) is 17.9. The number of hydrogen-bond donors (Lipinski definition) is 2. The lowest BCUT2D eigenvalue weighted by atomic mass is 9.98. The Morgan fingerprint density at radius 1 is 1.03 bits per heavy atom. The second kappa shape index (κ2) is 10.3. The summed E-state index contributed by atoms with van der Waals surface area (Å²) in [7, 11) is 0. The Balaban J connectivity index is 1.59. The van der Waals surface area contributed by atoms with Crippen LogP contribution in [0.5, 0.6) is 5.75 Å². The van der Waals surface area contributed by atoms with Crippen LogP contribution in [0.2, 0.25) is 0 Å². The van der Waals surface area contributed by atoms with E-state index in [9.17, 15) is 14.7 Å². The van der Waals surface area contributed by atoms with E-state index in [-0.39, 0.29) is 29.5 Å². The minimum absolute atomic E-state index is 0.00865. The zero-order valence-electron chi connectivity index (χ0n) is 17.9. The van der Waals surface area contributed by atoms with Crippen molar-refractivity contribution >= 4 is 11.8 Å². The molecule has 30 heavy (non-hydrogen) atoms. The first-order valence-electron chi connectivity index (χ1n) is 11.0. The van der Waals surface area contributed by atoms with E-state index in [1.807, 2.05) is 41.3 Å². The van der Waals surface area contributed by atoms with Crippen LogP contribution in [0.15, 0.2) is 48.5 Å². The van der Waals surface area contributed by atoms with Gasteiger partial charge in [0.05, 0.1) is 5.56 Å². The Bertz CT molecular complexity index is 854. The van der Waals surface area contributed by atoms with Crippen LogP contribution in [0.25, 0.3) is 0 Å². The van der Waals surface area contributed by atoms with Crippen molar-refractivity contribution in [2.45, 2.75) is 52.0 Å². The topological polar surface area (TPSA) is 69.6 Å². The number of aromatic hydroxyl groups is 1. The Kier molecular flexibility index (Phi) is 7.50. The number of carbonyl (C=O) groups excluding carboxylic acids is 2. The number of rotatable bonds is 7. The highest BCUT2D eigenvalue weighted by Crippen LogP contribution is 2.22. The zero-order chi connectivity index (χ0) is 21.5. The predicted octanol–water partition coefficient (Wildman–Crippen LogP) is 4.14. The quantitative estimate of drug-likeness (QED) is 0.723. The van der Waals surface area contributed by atoms with Gasteiger partial charge in [-0.15, -0.1) is 0 Å². The maximum absolute atomic E-state index is 12.8. The molecule has 2 aromatic carbocycles. The lowest BCUT2D eigenvalue weighted by Gasteiger charge is -2.34. The first-order valence-corrected chi connectivity index (χ1v) is 11.0. The summed E-state index contributed by atoms with van der Waals surface area (Å²) >= 11 is 0. The largest absolute Gasteiger partial charge is 0.507 e.